The lowest BCUT2D eigenvalue weighted by molar-refractivity contribution is 0.0855. The van der Waals surface area contributed by atoms with E-state index in [4.69, 9.17) is 4.74 Å². The molecule has 0 aromatic heterocycles. The lowest BCUT2D eigenvalue weighted by atomic mass is 9.97. The SMILES string of the molecule is C=C(C)NCc1ccc(CN2Cc3ccc(OCC4CC4(F)F)cc3C(F)C2)cc1. The summed E-state index contributed by atoms with van der Waals surface area (Å²) in [6.45, 7) is 8.10. The van der Waals surface area contributed by atoms with Gasteiger partial charge < -0.3 is 10.1 Å². The van der Waals surface area contributed by atoms with Crippen molar-refractivity contribution < 1.29 is 17.9 Å². The molecule has 6 heteroatoms. The van der Waals surface area contributed by atoms with Gasteiger partial charge in [0.25, 0.3) is 5.92 Å². The first-order chi connectivity index (χ1) is 14.3. The molecule has 1 fully saturated rings. The van der Waals surface area contributed by atoms with E-state index in [1.54, 1.807) is 12.1 Å². The minimum Gasteiger partial charge on any atom is -0.493 e. The molecular weight excluding hydrogens is 389 g/mol. The van der Waals surface area contributed by atoms with Gasteiger partial charge in [0.1, 0.15) is 11.9 Å². The molecule has 2 aromatic rings. The molecule has 1 N–H and O–H groups in total. The van der Waals surface area contributed by atoms with Crippen LogP contribution in [0.5, 0.6) is 5.75 Å². The molecule has 0 radical (unpaired) electrons. The summed E-state index contributed by atoms with van der Waals surface area (Å²) in [5.74, 6) is -2.85. The Bertz CT molecular complexity index is 913. The molecule has 2 atom stereocenters. The molecule has 2 aromatic carbocycles. The number of alkyl halides is 3. The Hall–Kier alpha value is -2.47. The van der Waals surface area contributed by atoms with E-state index in [9.17, 15) is 13.2 Å². The summed E-state index contributed by atoms with van der Waals surface area (Å²) < 4.78 is 46.3. The number of hydrogen-bond acceptors (Lipinski definition) is 3. The minimum absolute atomic E-state index is 0.0211. The number of hydrogen-bond donors (Lipinski definition) is 1. The number of nitrogens with zero attached hydrogens (tertiary/aromatic N) is 1. The number of rotatable bonds is 8. The fourth-order valence-electron chi connectivity index (χ4n) is 3.77. The maximum atomic E-state index is 14.8. The second-order valence-electron chi connectivity index (χ2n) is 8.42. The molecule has 2 aliphatic rings. The van der Waals surface area contributed by atoms with E-state index in [1.807, 2.05) is 13.0 Å². The zero-order valence-electron chi connectivity index (χ0n) is 17.1. The van der Waals surface area contributed by atoms with Crippen LogP contribution in [0, 0.1) is 5.92 Å². The third-order valence-electron chi connectivity index (χ3n) is 5.70. The molecular formula is C24H27F3N2O. The standard InChI is InChI=1S/C24H27F3N2O/c1-16(2)28-11-17-3-5-18(6-4-17)12-29-13-19-7-8-21(9-22(19)23(25)14-29)30-15-20-10-24(20,26)27/h3-9,20,23,28H,1,10-15H2,2H3. The van der Waals surface area contributed by atoms with Crippen molar-refractivity contribution in [2.24, 2.45) is 5.92 Å². The second-order valence-corrected chi connectivity index (χ2v) is 8.42. The van der Waals surface area contributed by atoms with Gasteiger partial charge in [0, 0.05) is 38.3 Å². The van der Waals surface area contributed by atoms with E-state index in [0.717, 1.165) is 23.4 Å². The Morgan fingerprint density at radius 1 is 1.20 bits per heavy atom. The summed E-state index contributed by atoms with van der Waals surface area (Å²) in [7, 11) is 0. The van der Waals surface area contributed by atoms with Gasteiger partial charge in [0.15, 0.2) is 0 Å². The maximum Gasteiger partial charge on any atom is 0.255 e. The first-order valence-electron chi connectivity index (χ1n) is 10.3. The molecule has 0 saturated heterocycles. The summed E-state index contributed by atoms with van der Waals surface area (Å²) >= 11 is 0. The van der Waals surface area contributed by atoms with Gasteiger partial charge in [0.2, 0.25) is 0 Å². The molecule has 1 aliphatic carbocycles. The lowest BCUT2D eigenvalue weighted by Gasteiger charge is -2.31. The van der Waals surface area contributed by atoms with Crippen LogP contribution < -0.4 is 10.1 Å². The van der Waals surface area contributed by atoms with Crippen LogP contribution in [-0.4, -0.2) is 24.0 Å². The fraction of sp³-hybridized carbons (Fsp3) is 0.417. The largest absolute Gasteiger partial charge is 0.493 e. The zero-order valence-corrected chi connectivity index (χ0v) is 17.1. The predicted octanol–water partition coefficient (Wildman–Crippen LogP) is 5.37. The summed E-state index contributed by atoms with van der Waals surface area (Å²) in [6.07, 6.45) is -1.25. The van der Waals surface area contributed by atoms with Crippen molar-refractivity contribution in [2.45, 2.75) is 45.1 Å². The molecule has 30 heavy (non-hydrogen) atoms. The topological polar surface area (TPSA) is 24.5 Å². The van der Waals surface area contributed by atoms with Gasteiger partial charge in [0.05, 0.1) is 12.5 Å². The van der Waals surface area contributed by atoms with Crippen molar-refractivity contribution in [2.75, 3.05) is 13.2 Å². The zero-order chi connectivity index (χ0) is 21.3. The third kappa shape index (κ3) is 4.98. The van der Waals surface area contributed by atoms with Gasteiger partial charge in [-0.25, -0.2) is 13.2 Å². The average Bonchev–Trinajstić information content (AvgIpc) is 3.32. The van der Waals surface area contributed by atoms with Gasteiger partial charge in [-0.2, -0.15) is 0 Å². The Morgan fingerprint density at radius 2 is 1.90 bits per heavy atom. The summed E-state index contributed by atoms with van der Waals surface area (Å²) in [6, 6.07) is 13.6. The number of benzene rings is 2. The van der Waals surface area contributed by atoms with E-state index in [-0.39, 0.29) is 13.0 Å². The molecule has 3 nitrogen and oxygen atoms in total. The van der Waals surface area contributed by atoms with E-state index in [0.29, 0.717) is 30.9 Å². The van der Waals surface area contributed by atoms with Gasteiger partial charge in [-0.1, -0.05) is 36.9 Å². The summed E-state index contributed by atoms with van der Waals surface area (Å²) in [5, 5.41) is 3.20. The Labute approximate surface area is 175 Å². The van der Waals surface area contributed by atoms with Crippen molar-refractivity contribution in [3.8, 4) is 5.75 Å². The number of fused-ring (bicyclic) bond motifs is 1. The highest BCUT2D eigenvalue weighted by atomic mass is 19.3. The van der Waals surface area contributed by atoms with Gasteiger partial charge >= 0.3 is 0 Å². The minimum atomic E-state index is -2.60. The highest BCUT2D eigenvalue weighted by Gasteiger charge is 2.57. The van der Waals surface area contributed by atoms with Crippen LogP contribution in [-0.2, 0) is 19.6 Å². The molecule has 4 rings (SSSR count). The van der Waals surface area contributed by atoms with E-state index >= 15 is 0 Å². The highest BCUT2D eigenvalue weighted by molar-refractivity contribution is 5.39. The van der Waals surface area contributed by atoms with E-state index in [1.165, 1.54) is 5.56 Å². The van der Waals surface area contributed by atoms with Crippen LogP contribution in [0.1, 0.15) is 41.8 Å². The van der Waals surface area contributed by atoms with Crippen molar-refractivity contribution in [3.05, 3.63) is 77.0 Å². The molecule has 0 amide bonds. The monoisotopic (exact) mass is 416 g/mol. The average molecular weight is 416 g/mol. The first kappa shape index (κ1) is 20.8. The number of allylic oxidation sites excluding steroid dienone is 1. The lowest BCUT2D eigenvalue weighted by Crippen LogP contribution is -2.31. The first-order valence-corrected chi connectivity index (χ1v) is 10.3. The van der Waals surface area contributed by atoms with Gasteiger partial charge in [-0.15, -0.1) is 0 Å². The molecule has 160 valence electrons. The van der Waals surface area contributed by atoms with Crippen LogP contribution in [0.25, 0.3) is 0 Å². The molecule has 0 spiro atoms. The summed E-state index contributed by atoms with van der Waals surface area (Å²) in [5.41, 5.74) is 4.76. The number of halogens is 3. The van der Waals surface area contributed by atoms with Crippen LogP contribution in [0.3, 0.4) is 0 Å². The Balaban J connectivity index is 1.34. The predicted molar refractivity (Wildman–Crippen MR) is 111 cm³/mol. The third-order valence-corrected chi connectivity index (χ3v) is 5.70. The molecule has 1 saturated carbocycles. The highest BCUT2D eigenvalue weighted by Crippen LogP contribution is 2.48. The van der Waals surface area contributed by atoms with Crippen molar-refractivity contribution in [3.63, 3.8) is 0 Å². The van der Waals surface area contributed by atoms with E-state index < -0.39 is 18.0 Å². The molecule has 0 bridgehead atoms. The fourth-order valence-corrected chi connectivity index (χ4v) is 3.77. The molecule has 1 aliphatic heterocycles. The number of nitrogens with one attached hydrogen (secondary N) is 1. The normalized spacial score (nSPS) is 22.3. The van der Waals surface area contributed by atoms with Crippen molar-refractivity contribution >= 4 is 0 Å². The van der Waals surface area contributed by atoms with Crippen LogP contribution in [0.15, 0.2) is 54.7 Å². The molecule has 1 heterocycles. The van der Waals surface area contributed by atoms with Gasteiger partial charge in [-0.3, -0.25) is 4.90 Å². The molecule has 2 unspecified atom stereocenters. The quantitative estimate of drug-likeness (QED) is 0.626. The Morgan fingerprint density at radius 3 is 2.57 bits per heavy atom. The second kappa shape index (κ2) is 8.34. The van der Waals surface area contributed by atoms with Crippen LogP contribution in [0.2, 0.25) is 0 Å². The van der Waals surface area contributed by atoms with Crippen LogP contribution >= 0.6 is 0 Å². The van der Waals surface area contributed by atoms with Crippen LogP contribution in [0.4, 0.5) is 13.2 Å². The van der Waals surface area contributed by atoms with Crippen molar-refractivity contribution in [1.82, 2.24) is 10.2 Å². The van der Waals surface area contributed by atoms with E-state index in [2.05, 4.69) is 41.1 Å². The van der Waals surface area contributed by atoms with Crippen molar-refractivity contribution in [1.29, 1.82) is 0 Å². The number of ether oxygens (including phenoxy) is 1. The maximum absolute atomic E-state index is 14.8. The smallest absolute Gasteiger partial charge is 0.255 e. The summed E-state index contributed by atoms with van der Waals surface area (Å²) in [4.78, 5) is 2.08. The van der Waals surface area contributed by atoms with Gasteiger partial charge in [-0.05, 0) is 41.3 Å². The Kier molecular flexibility index (Phi) is 5.78.